The average molecular weight is 396 g/mol. The summed E-state index contributed by atoms with van der Waals surface area (Å²) in [4.78, 5) is 38.3. The molecule has 152 valence electrons. The quantitative estimate of drug-likeness (QED) is 0.759. The Kier molecular flexibility index (Phi) is 6.16. The molecule has 1 aliphatic rings. The predicted octanol–water partition coefficient (Wildman–Crippen LogP) is 2.85. The van der Waals surface area contributed by atoms with E-state index >= 15 is 0 Å². The van der Waals surface area contributed by atoms with Crippen molar-refractivity contribution in [2.24, 2.45) is 5.92 Å². The summed E-state index contributed by atoms with van der Waals surface area (Å²) in [5.74, 6) is -1.24. The number of para-hydroxylation sites is 2. The molecule has 7 nitrogen and oxygen atoms in total. The second kappa shape index (κ2) is 8.77. The number of amides is 2. The zero-order valence-electron chi connectivity index (χ0n) is 16.7. The van der Waals surface area contributed by atoms with Gasteiger partial charge in [0.2, 0.25) is 5.91 Å². The monoisotopic (exact) mass is 396 g/mol. The maximum atomic E-state index is 12.4. The summed E-state index contributed by atoms with van der Waals surface area (Å²) < 4.78 is 10.4. The van der Waals surface area contributed by atoms with Crippen LogP contribution in [0.15, 0.2) is 42.5 Å². The van der Waals surface area contributed by atoms with Gasteiger partial charge in [0.1, 0.15) is 5.75 Å². The molecule has 0 spiro atoms. The zero-order chi connectivity index (χ0) is 21.0. The molecule has 7 heteroatoms. The first-order valence-corrected chi connectivity index (χ1v) is 9.36. The number of ether oxygens (including phenoxy) is 2. The van der Waals surface area contributed by atoms with Crippen LogP contribution in [0, 0.1) is 19.8 Å². The van der Waals surface area contributed by atoms with Crippen molar-refractivity contribution in [2.45, 2.75) is 20.3 Å². The maximum absolute atomic E-state index is 12.4. The molecular weight excluding hydrogens is 372 g/mol. The van der Waals surface area contributed by atoms with Crippen LogP contribution >= 0.6 is 0 Å². The third kappa shape index (κ3) is 4.74. The van der Waals surface area contributed by atoms with Gasteiger partial charge in [0, 0.05) is 18.7 Å². The van der Waals surface area contributed by atoms with Crippen molar-refractivity contribution >= 4 is 29.2 Å². The fourth-order valence-electron chi connectivity index (χ4n) is 3.22. The number of nitrogens with zero attached hydrogens (tertiary/aromatic N) is 1. The van der Waals surface area contributed by atoms with Gasteiger partial charge >= 0.3 is 5.97 Å². The molecule has 3 rings (SSSR count). The molecule has 2 aromatic rings. The van der Waals surface area contributed by atoms with Crippen LogP contribution < -0.4 is 15.0 Å². The first-order valence-electron chi connectivity index (χ1n) is 9.36. The van der Waals surface area contributed by atoms with Crippen molar-refractivity contribution in [1.29, 1.82) is 0 Å². The van der Waals surface area contributed by atoms with E-state index in [1.54, 1.807) is 24.3 Å². The Balaban J connectivity index is 1.55. The van der Waals surface area contributed by atoms with E-state index in [1.807, 2.05) is 32.0 Å². The molecule has 1 saturated heterocycles. The Morgan fingerprint density at radius 3 is 2.62 bits per heavy atom. The highest BCUT2D eigenvalue weighted by molar-refractivity contribution is 6.01. The van der Waals surface area contributed by atoms with E-state index in [0.29, 0.717) is 17.1 Å². The minimum Gasteiger partial charge on any atom is -0.495 e. The molecule has 0 bridgehead atoms. The molecule has 0 aliphatic carbocycles. The van der Waals surface area contributed by atoms with Gasteiger partial charge in [-0.3, -0.25) is 14.4 Å². The number of benzene rings is 2. The lowest BCUT2D eigenvalue weighted by Gasteiger charge is -2.19. The molecule has 1 heterocycles. The van der Waals surface area contributed by atoms with Gasteiger partial charge in [0.05, 0.1) is 18.7 Å². The third-order valence-electron chi connectivity index (χ3n) is 4.97. The molecule has 1 fully saturated rings. The highest BCUT2D eigenvalue weighted by Crippen LogP contribution is 2.33. The van der Waals surface area contributed by atoms with Crippen LogP contribution in [0.4, 0.5) is 11.4 Å². The number of carbonyl (C=O) groups excluding carboxylic acids is 3. The van der Waals surface area contributed by atoms with Crippen LogP contribution in [0.5, 0.6) is 5.75 Å². The highest BCUT2D eigenvalue weighted by Gasteiger charge is 2.37. The molecule has 29 heavy (non-hydrogen) atoms. The van der Waals surface area contributed by atoms with E-state index in [-0.39, 0.29) is 18.9 Å². The fourth-order valence-corrected chi connectivity index (χ4v) is 3.22. The van der Waals surface area contributed by atoms with Gasteiger partial charge in [-0.25, -0.2) is 0 Å². The minimum absolute atomic E-state index is 0.0374. The number of methoxy groups -OCH3 is 1. The van der Waals surface area contributed by atoms with Crippen LogP contribution in [-0.2, 0) is 19.1 Å². The van der Waals surface area contributed by atoms with Crippen molar-refractivity contribution < 1.29 is 23.9 Å². The number of hydrogen-bond donors (Lipinski definition) is 1. The largest absolute Gasteiger partial charge is 0.495 e. The van der Waals surface area contributed by atoms with E-state index in [1.165, 1.54) is 12.0 Å². The van der Waals surface area contributed by atoms with Crippen molar-refractivity contribution in [3.8, 4) is 5.75 Å². The lowest BCUT2D eigenvalue weighted by atomic mass is 10.1. The molecular formula is C22H24N2O5. The van der Waals surface area contributed by atoms with Crippen LogP contribution in [0.1, 0.15) is 17.5 Å². The summed E-state index contributed by atoms with van der Waals surface area (Å²) in [6.45, 7) is 3.73. The first kappa shape index (κ1) is 20.4. The molecule has 0 aromatic heterocycles. The number of hydrogen-bond acceptors (Lipinski definition) is 5. The summed E-state index contributed by atoms with van der Waals surface area (Å²) >= 11 is 0. The lowest BCUT2D eigenvalue weighted by molar-refractivity contribution is -0.151. The number of carbonyl (C=O) groups is 3. The number of anilines is 2. The van der Waals surface area contributed by atoms with Crippen molar-refractivity contribution in [2.75, 3.05) is 30.5 Å². The van der Waals surface area contributed by atoms with Gasteiger partial charge < -0.3 is 19.7 Å². The van der Waals surface area contributed by atoms with E-state index in [2.05, 4.69) is 5.32 Å². The zero-order valence-corrected chi connectivity index (χ0v) is 16.7. The Morgan fingerprint density at radius 1 is 1.14 bits per heavy atom. The van der Waals surface area contributed by atoms with Gasteiger partial charge in [-0.1, -0.05) is 18.2 Å². The maximum Gasteiger partial charge on any atom is 0.311 e. The lowest BCUT2D eigenvalue weighted by Crippen LogP contribution is -2.28. The third-order valence-corrected chi connectivity index (χ3v) is 4.97. The van der Waals surface area contributed by atoms with Gasteiger partial charge in [-0.15, -0.1) is 0 Å². The summed E-state index contributed by atoms with van der Waals surface area (Å²) in [6.07, 6.45) is 0.0374. The standard InChI is InChI=1S/C22H24N2O5/c1-14-8-9-17(10-15(14)2)23-20(25)13-29-22(27)16-11-21(26)24(12-16)18-6-4-5-7-19(18)28-3/h4-10,16H,11-13H2,1-3H3,(H,23,25)/t16-/m0/s1. The summed E-state index contributed by atoms with van der Waals surface area (Å²) in [6, 6.07) is 12.7. The minimum atomic E-state index is -0.623. The van der Waals surface area contributed by atoms with Crippen LogP contribution in [-0.4, -0.2) is 38.0 Å². The Morgan fingerprint density at radius 2 is 1.90 bits per heavy atom. The molecule has 1 atom stereocenters. The van der Waals surface area contributed by atoms with E-state index in [9.17, 15) is 14.4 Å². The van der Waals surface area contributed by atoms with E-state index in [0.717, 1.165) is 11.1 Å². The van der Waals surface area contributed by atoms with Gasteiger partial charge in [-0.05, 0) is 49.2 Å². The average Bonchev–Trinajstić information content (AvgIpc) is 3.10. The summed E-state index contributed by atoms with van der Waals surface area (Å²) in [7, 11) is 1.53. The summed E-state index contributed by atoms with van der Waals surface area (Å²) in [5.41, 5.74) is 3.44. The molecule has 1 N–H and O–H groups in total. The molecule has 2 aromatic carbocycles. The SMILES string of the molecule is COc1ccccc1N1C[C@@H](C(=O)OCC(=O)Nc2ccc(C)c(C)c2)CC1=O. The predicted molar refractivity (Wildman–Crippen MR) is 109 cm³/mol. The van der Waals surface area contributed by atoms with Crippen molar-refractivity contribution in [1.82, 2.24) is 0 Å². The van der Waals surface area contributed by atoms with Gasteiger partial charge in [0.15, 0.2) is 6.61 Å². The van der Waals surface area contributed by atoms with Crippen LogP contribution in [0.2, 0.25) is 0 Å². The molecule has 0 saturated carbocycles. The number of nitrogens with one attached hydrogen (secondary N) is 1. The summed E-state index contributed by atoms with van der Waals surface area (Å²) in [5, 5.41) is 2.70. The normalized spacial score (nSPS) is 15.9. The number of aryl methyl sites for hydroxylation is 2. The molecule has 0 radical (unpaired) electrons. The van der Waals surface area contributed by atoms with E-state index < -0.39 is 24.4 Å². The van der Waals surface area contributed by atoms with Crippen molar-refractivity contribution in [3.63, 3.8) is 0 Å². The Bertz CT molecular complexity index is 941. The Labute approximate surface area is 169 Å². The van der Waals surface area contributed by atoms with E-state index in [4.69, 9.17) is 9.47 Å². The smallest absolute Gasteiger partial charge is 0.311 e. The first-order chi connectivity index (χ1) is 13.9. The topological polar surface area (TPSA) is 84.9 Å². The van der Waals surface area contributed by atoms with Crippen molar-refractivity contribution in [3.05, 3.63) is 53.6 Å². The Hall–Kier alpha value is -3.35. The second-order valence-corrected chi connectivity index (χ2v) is 7.03. The molecule has 2 amide bonds. The molecule has 1 aliphatic heterocycles. The number of esters is 1. The van der Waals surface area contributed by atoms with Gasteiger partial charge in [0.25, 0.3) is 5.91 Å². The second-order valence-electron chi connectivity index (χ2n) is 7.03. The number of rotatable bonds is 6. The highest BCUT2D eigenvalue weighted by atomic mass is 16.5. The fraction of sp³-hybridized carbons (Fsp3) is 0.318. The molecule has 0 unspecified atom stereocenters. The van der Waals surface area contributed by atoms with Crippen LogP contribution in [0.3, 0.4) is 0 Å². The van der Waals surface area contributed by atoms with Gasteiger partial charge in [-0.2, -0.15) is 0 Å². The van der Waals surface area contributed by atoms with Crippen LogP contribution in [0.25, 0.3) is 0 Å².